The molecule has 1 aromatic carbocycles. The fraction of sp³-hybridized carbons (Fsp3) is 0.409. The van der Waals surface area contributed by atoms with Crippen LogP contribution in [0, 0.1) is 0 Å². The van der Waals surface area contributed by atoms with Crippen molar-refractivity contribution < 1.29 is 14.4 Å². The van der Waals surface area contributed by atoms with E-state index in [1.807, 2.05) is 39.4 Å². The first-order valence-electron chi connectivity index (χ1n) is 9.99. The molecule has 3 heterocycles. The number of rotatable bonds is 3. The summed E-state index contributed by atoms with van der Waals surface area (Å²) in [4.78, 5) is 43.2. The van der Waals surface area contributed by atoms with Crippen molar-refractivity contribution in [3.05, 3.63) is 46.2 Å². The molecular formula is C22H25N3O3S. The zero-order valence-corrected chi connectivity index (χ0v) is 17.6. The van der Waals surface area contributed by atoms with Crippen molar-refractivity contribution in [3.63, 3.8) is 0 Å². The maximum Gasteiger partial charge on any atom is 0.268 e. The van der Waals surface area contributed by atoms with Crippen molar-refractivity contribution in [3.8, 4) is 0 Å². The van der Waals surface area contributed by atoms with Crippen LogP contribution >= 0.6 is 11.3 Å². The van der Waals surface area contributed by atoms with Gasteiger partial charge in [-0.1, -0.05) is 6.07 Å². The summed E-state index contributed by atoms with van der Waals surface area (Å²) in [6.07, 6.45) is 2.31. The Morgan fingerprint density at radius 2 is 1.79 bits per heavy atom. The summed E-state index contributed by atoms with van der Waals surface area (Å²) in [7, 11) is 0. The van der Waals surface area contributed by atoms with Crippen LogP contribution in [0.4, 0.5) is 11.4 Å². The van der Waals surface area contributed by atoms with E-state index in [1.54, 1.807) is 18.7 Å². The van der Waals surface area contributed by atoms with Gasteiger partial charge in [0.25, 0.3) is 5.91 Å². The predicted octanol–water partition coefficient (Wildman–Crippen LogP) is 3.31. The van der Waals surface area contributed by atoms with Crippen LogP contribution in [0.2, 0.25) is 0 Å². The minimum Gasteiger partial charge on any atom is -0.343 e. The van der Waals surface area contributed by atoms with Gasteiger partial charge in [0.15, 0.2) is 0 Å². The van der Waals surface area contributed by atoms with Gasteiger partial charge in [-0.3, -0.25) is 14.4 Å². The summed E-state index contributed by atoms with van der Waals surface area (Å²) in [5, 5.41) is 1.91. The number of likely N-dealkylation sites (tertiary alicyclic amines) is 1. The molecule has 2 aliphatic heterocycles. The number of amides is 3. The fourth-order valence-electron chi connectivity index (χ4n) is 4.32. The normalized spacial score (nSPS) is 16.6. The molecule has 0 saturated carbocycles. The van der Waals surface area contributed by atoms with Gasteiger partial charge in [0.05, 0.1) is 4.88 Å². The molecule has 1 saturated heterocycles. The van der Waals surface area contributed by atoms with E-state index in [-0.39, 0.29) is 23.8 Å². The van der Waals surface area contributed by atoms with Crippen LogP contribution in [0.25, 0.3) is 0 Å². The number of hydrogen-bond donors (Lipinski definition) is 0. The van der Waals surface area contributed by atoms with Crippen molar-refractivity contribution in [2.24, 2.45) is 0 Å². The number of fused-ring (bicyclic) bond motifs is 1. The topological polar surface area (TPSA) is 60.9 Å². The smallest absolute Gasteiger partial charge is 0.268 e. The van der Waals surface area contributed by atoms with Crippen LogP contribution < -0.4 is 9.80 Å². The maximum absolute atomic E-state index is 13.4. The lowest BCUT2D eigenvalue weighted by molar-refractivity contribution is -0.129. The Bertz CT molecular complexity index is 933. The van der Waals surface area contributed by atoms with Gasteiger partial charge >= 0.3 is 0 Å². The van der Waals surface area contributed by atoms with E-state index in [9.17, 15) is 14.4 Å². The Hall–Kier alpha value is -2.67. The fourth-order valence-corrected chi connectivity index (χ4v) is 4.98. The second-order valence-electron chi connectivity index (χ2n) is 7.62. The Morgan fingerprint density at radius 3 is 2.41 bits per heavy atom. The minimum atomic E-state index is 0.00245. The standard InChI is InChI=1S/C22H25N3O3S/c1-15(26)23-10-8-18(9-11-23)25(22(28)21-4-3-13-29-21)19-5-6-20-17(14-19)7-12-24(20)16(2)27/h3-6,13-14,18H,7-12H2,1-2H3. The van der Waals surface area contributed by atoms with Crippen molar-refractivity contribution in [2.45, 2.75) is 39.2 Å². The molecule has 152 valence electrons. The van der Waals surface area contributed by atoms with E-state index < -0.39 is 0 Å². The Balaban J connectivity index is 1.65. The number of hydrogen-bond acceptors (Lipinski definition) is 4. The monoisotopic (exact) mass is 411 g/mol. The van der Waals surface area contributed by atoms with Gasteiger partial charge in [-0.05, 0) is 54.5 Å². The molecule has 4 rings (SSSR count). The van der Waals surface area contributed by atoms with Crippen LogP contribution in [-0.2, 0) is 16.0 Å². The van der Waals surface area contributed by atoms with Crippen molar-refractivity contribution >= 4 is 40.4 Å². The molecule has 1 aromatic heterocycles. The van der Waals surface area contributed by atoms with Crippen molar-refractivity contribution in [1.82, 2.24) is 4.90 Å². The molecular weight excluding hydrogens is 386 g/mol. The van der Waals surface area contributed by atoms with Gasteiger partial charge in [0, 0.05) is 50.9 Å². The molecule has 7 heteroatoms. The highest BCUT2D eigenvalue weighted by Gasteiger charge is 2.32. The highest BCUT2D eigenvalue weighted by molar-refractivity contribution is 7.12. The summed E-state index contributed by atoms with van der Waals surface area (Å²) < 4.78 is 0. The molecule has 0 radical (unpaired) electrons. The van der Waals surface area contributed by atoms with Gasteiger partial charge in [0.2, 0.25) is 11.8 Å². The van der Waals surface area contributed by atoms with Gasteiger partial charge < -0.3 is 14.7 Å². The van der Waals surface area contributed by atoms with E-state index in [2.05, 4.69) is 6.07 Å². The molecule has 2 aromatic rings. The third-order valence-corrected chi connectivity index (χ3v) is 6.70. The molecule has 0 aliphatic carbocycles. The lowest BCUT2D eigenvalue weighted by atomic mass is 10.0. The van der Waals surface area contributed by atoms with Crippen LogP contribution in [0.3, 0.4) is 0 Å². The van der Waals surface area contributed by atoms with Crippen molar-refractivity contribution in [1.29, 1.82) is 0 Å². The molecule has 1 fully saturated rings. The van der Waals surface area contributed by atoms with Crippen molar-refractivity contribution in [2.75, 3.05) is 29.4 Å². The molecule has 0 atom stereocenters. The largest absolute Gasteiger partial charge is 0.343 e. The lowest BCUT2D eigenvalue weighted by Gasteiger charge is -2.38. The van der Waals surface area contributed by atoms with Gasteiger partial charge in [-0.25, -0.2) is 0 Å². The molecule has 0 spiro atoms. The zero-order chi connectivity index (χ0) is 20.5. The summed E-state index contributed by atoms with van der Waals surface area (Å²) in [5.41, 5.74) is 2.91. The third kappa shape index (κ3) is 3.79. The van der Waals surface area contributed by atoms with E-state index in [0.717, 1.165) is 36.2 Å². The average Bonchev–Trinajstić information content (AvgIpc) is 3.38. The number of piperidine rings is 1. The first-order chi connectivity index (χ1) is 14.0. The number of benzene rings is 1. The lowest BCUT2D eigenvalue weighted by Crippen LogP contribution is -2.48. The first-order valence-corrected chi connectivity index (χ1v) is 10.9. The highest BCUT2D eigenvalue weighted by atomic mass is 32.1. The van der Waals surface area contributed by atoms with E-state index >= 15 is 0 Å². The number of carbonyl (C=O) groups is 3. The van der Waals surface area contributed by atoms with E-state index in [4.69, 9.17) is 0 Å². The molecule has 6 nitrogen and oxygen atoms in total. The second kappa shape index (κ2) is 7.99. The van der Waals surface area contributed by atoms with Gasteiger partial charge in [-0.15, -0.1) is 11.3 Å². The Labute approximate surface area is 174 Å². The Kier molecular flexibility index (Phi) is 5.41. The average molecular weight is 412 g/mol. The maximum atomic E-state index is 13.4. The van der Waals surface area contributed by atoms with Crippen LogP contribution in [-0.4, -0.2) is 48.3 Å². The highest BCUT2D eigenvalue weighted by Crippen LogP contribution is 2.34. The van der Waals surface area contributed by atoms with Crippen LogP contribution in [0.5, 0.6) is 0 Å². The SMILES string of the molecule is CC(=O)N1CCC(N(C(=O)c2cccs2)c2ccc3c(c2)CCN3C(C)=O)CC1. The number of anilines is 2. The molecule has 0 unspecified atom stereocenters. The summed E-state index contributed by atoms with van der Waals surface area (Å²) >= 11 is 1.44. The molecule has 3 amide bonds. The van der Waals surface area contributed by atoms with E-state index in [0.29, 0.717) is 24.5 Å². The molecule has 2 aliphatic rings. The molecule has 29 heavy (non-hydrogen) atoms. The molecule has 0 N–H and O–H groups in total. The van der Waals surface area contributed by atoms with Crippen LogP contribution in [0.15, 0.2) is 35.7 Å². The summed E-state index contributed by atoms with van der Waals surface area (Å²) in [6, 6.07) is 9.75. The summed E-state index contributed by atoms with van der Waals surface area (Å²) in [6.45, 7) is 5.19. The number of carbonyl (C=O) groups excluding carboxylic acids is 3. The van der Waals surface area contributed by atoms with E-state index in [1.165, 1.54) is 11.3 Å². The third-order valence-electron chi connectivity index (χ3n) is 5.84. The zero-order valence-electron chi connectivity index (χ0n) is 16.8. The Morgan fingerprint density at radius 1 is 1.03 bits per heavy atom. The second-order valence-corrected chi connectivity index (χ2v) is 8.57. The number of nitrogens with zero attached hydrogens (tertiary/aromatic N) is 3. The quantitative estimate of drug-likeness (QED) is 0.779. The van der Waals surface area contributed by atoms with Gasteiger partial charge in [-0.2, -0.15) is 0 Å². The predicted molar refractivity (Wildman–Crippen MR) is 115 cm³/mol. The minimum absolute atomic E-state index is 0.00245. The number of thiophene rings is 1. The summed E-state index contributed by atoms with van der Waals surface area (Å²) in [5.74, 6) is 0.128. The molecule has 0 bridgehead atoms. The van der Waals surface area contributed by atoms with Crippen LogP contribution in [0.1, 0.15) is 41.9 Å². The van der Waals surface area contributed by atoms with Gasteiger partial charge in [0.1, 0.15) is 0 Å². The first kappa shape index (κ1) is 19.6.